The van der Waals surface area contributed by atoms with Crippen LogP contribution in [0.15, 0.2) is 30.3 Å². The third-order valence-electron chi connectivity index (χ3n) is 2.91. The molecule has 16 heavy (non-hydrogen) atoms. The molecule has 0 saturated heterocycles. The SMILES string of the molecule is CCCN(Cc1ccccc1)C(C)CCO. The van der Waals surface area contributed by atoms with Gasteiger partial charge in [0.15, 0.2) is 0 Å². The second kappa shape index (κ2) is 7.42. The molecule has 0 radical (unpaired) electrons. The van der Waals surface area contributed by atoms with Crippen molar-refractivity contribution in [3.05, 3.63) is 35.9 Å². The van der Waals surface area contributed by atoms with Crippen LogP contribution in [0.4, 0.5) is 0 Å². The van der Waals surface area contributed by atoms with Crippen molar-refractivity contribution in [2.45, 2.75) is 39.3 Å². The summed E-state index contributed by atoms with van der Waals surface area (Å²) in [4.78, 5) is 2.44. The van der Waals surface area contributed by atoms with Crippen LogP contribution in [0, 0.1) is 0 Å². The van der Waals surface area contributed by atoms with Crippen LogP contribution in [-0.4, -0.2) is 29.2 Å². The van der Waals surface area contributed by atoms with Gasteiger partial charge in [-0.05, 0) is 31.9 Å². The van der Waals surface area contributed by atoms with Gasteiger partial charge in [0.25, 0.3) is 0 Å². The van der Waals surface area contributed by atoms with E-state index in [1.54, 1.807) is 0 Å². The Morgan fingerprint density at radius 3 is 2.50 bits per heavy atom. The maximum Gasteiger partial charge on any atom is 0.0445 e. The number of hydrogen-bond donors (Lipinski definition) is 1. The molecule has 0 saturated carbocycles. The van der Waals surface area contributed by atoms with E-state index in [4.69, 9.17) is 5.11 Å². The van der Waals surface area contributed by atoms with Crippen LogP contribution in [-0.2, 0) is 6.54 Å². The third kappa shape index (κ3) is 4.33. The van der Waals surface area contributed by atoms with Crippen molar-refractivity contribution >= 4 is 0 Å². The summed E-state index contributed by atoms with van der Waals surface area (Å²) in [5.41, 5.74) is 1.35. The molecule has 0 spiro atoms. The molecule has 1 unspecified atom stereocenters. The van der Waals surface area contributed by atoms with Gasteiger partial charge in [0.05, 0.1) is 0 Å². The van der Waals surface area contributed by atoms with Gasteiger partial charge in [0.2, 0.25) is 0 Å². The molecule has 1 atom stereocenters. The third-order valence-corrected chi connectivity index (χ3v) is 2.91. The number of benzene rings is 1. The Bertz CT molecular complexity index is 273. The van der Waals surface area contributed by atoms with E-state index in [0.29, 0.717) is 6.04 Å². The van der Waals surface area contributed by atoms with Crippen molar-refractivity contribution in [2.75, 3.05) is 13.2 Å². The molecule has 0 aliphatic heterocycles. The normalized spacial score (nSPS) is 13.0. The van der Waals surface area contributed by atoms with Gasteiger partial charge in [-0.25, -0.2) is 0 Å². The van der Waals surface area contributed by atoms with Gasteiger partial charge in [-0.3, -0.25) is 4.90 Å². The van der Waals surface area contributed by atoms with Crippen LogP contribution < -0.4 is 0 Å². The topological polar surface area (TPSA) is 23.5 Å². The molecule has 2 nitrogen and oxygen atoms in total. The predicted molar refractivity (Wildman–Crippen MR) is 68.3 cm³/mol. The lowest BCUT2D eigenvalue weighted by atomic mass is 10.1. The predicted octanol–water partition coefficient (Wildman–Crippen LogP) is 2.67. The maximum atomic E-state index is 8.99. The molecule has 0 aromatic heterocycles. The molecule has 1 aromatic carbocycles. The molecule has 0 bridgehead atoms. The summed E-state index contributed by atoms with van der Waals surface area (Å²) in [5, 5.41) is 8.99. The van der Waals surface area contributed by atoms with Crippen LogP contribution >= 0.6 is 0 Å². The molecule has 0 aliphatic rings. The van der Waals surface area contributed by atoms with E-state index >= 15 is 0 Å². The highest BCUT2D eigenvalue weighted by Crippen LogP contribution is 2.10. The Hall–Kier alpha value is -0.860. The Labute approximate surface area is 98.9 Å². The lowest BCUT2D eigenvalue weighted by Crippen LogP contribution is -2.33. The number of hydrogen-bond acceptors (Lipinski definition) is 2. The average Bonchev–Trinajstić information content (AvgIpc) is 2.30. The molecule has 0 heterocycles. The summed E-state index contributed by atoms with van der Waals surface area (Å²) in [5.74, 6) is 0. The van der Waals surface area contributed by atoms with E-state index in [9.17, 15) is 0 Å². The van der Waals surface area contributed by atoms with Crippen molar-refractivity contribution in [3.63, 3.8) is 0 Å². The second-order valence-electron chi connectivity index (χ2n) is 4.32. The molecular formula is C14H23NO. The Morgan fingerprint density at radius 2 is 1.94 bits per heavy atom. The highest BCUT2D eigenvalue weighted by molar-refractivity contribution is 5.14. The van der Waals surface area contributed by atoms with Crippen LogP contribution in [0.5, 0.6) is 0 Å². The molecule has 90 valence electrons. The molecule has 1 rings (SSSR count). The van der Waals surface area contributed by atoms with Gasteiger partial charge in [0.1, 0.15) is 0 Å². The first-order valence-corrected chi connectivity index (χ1v) is 6.16. The minimum atomic E-state index is 0.274. The first kappa shape index (κ1) is 13.2. The van der Waals surface area contributed by atoms with E-state index in [2.05, 4.69) is 43.0 Å². The Balaban J connectivity index is 2.57. The van der Waals surface area contributed by atoms with Crippen LogP contribution in [0.25, 0.3) is 0 Å². The lowest BCUT2D eigenvalue weighted by molar-refractivity contribution is 0.160. The van der Waals surface area contributed by atoms with Crippen molar-refractivity contribution in [2.24, 2.45) is 0 Å². The Kier molecular flexibility index (Phi) is 6.12. The van der Waals surface area contributed by atoms with Gasteiger partial charge in [-0.2, -0.15) is 0 Å². The number of aliphatic hydroxyl groups is 1. The minimum Gasteiger partial charge on any atom is -0.396 e. The molecule has 2 heteroatoms. The van der Waals surface area contributed by atoms with Crippen LogP contribution in [0.3, 0.4) is 0 Å². The van der Waals surface area contributed by atoms with Gasteiger partial charge in [-0.1, -0.05) is 37.3 Å². The zero-order valence-electron chi connectivity index (χ0n) is 10.4. The van der Waals surface area contributed by atoms with E-state index in [0.717, 1.165) is 25.9 Å². The standard InChI is InChI=1S/C14H23NO/c1-3-10-15(13(2)9-11-16)12-14-7-5-4-6-8-14/h4-8,13,16H,3,9-12H2,1-2H3. The van der Waals surface area contributed by atoms with Crippen LogP contribution in [0.2, 0.25) is 0 Å². The van der Waals surface area contributed by atoms with Crippen molar-refractivity contribution in [1.82, 2.24) is 4.90 Å². The Morgan fingerprint density at radius 1 is 1.25 bits per heavy atom. The summed E-state index contributed by atoms with van der Waals surface area (Å²) in [6.07, 6.45) is 2.01. The zero-order valence-corrected chi connectivity index (χ0v) is 10.4. The number of rotatable bonds is 7. The minimum absolute atomic E-state index is 0.274. The second-order valence-corrected chi connectivity index (χ2v) is 4.32. The summed E-state index contributed by atoms with van der Waals surface area (Å²) in [6, 6.07) is 11.0. The first-order valence-electron chi connectivity index (χ1n) is 6.16. The summed E-state index contributed by atoms with van der Waals surface area (Å²) in [7, 11) is 0. The quantitative estimate of drug-likeness (QED) is 0.765. The van der Waals surface area contributed by atoms with Crippen molar-refractivity contribution in [1.29, 1.82) is 0 Å². The van der Waals surface area contributed by atoms with Gasteiger partial charge in [0, 0.05) is 19.2 Å². The van der Waals surface area contributed by atoms with E-state index in [-0.39, 0.29) is 6.61 Å². The van der Waals surface area contributed by atoms with Gasteiger partial charge in [-0.15, -0.1) is 0 Å². The maximum absolute atomic E-state index is 8.99. The van der Waals surface area contributed by atoms with E-state index in [1.165, 1.54) is 5.56 Å². The number of aliphatic hydroxyl groups excluding tert-OH is 1. The zero-order chi connectivity index (χ0) is 11.8. The summed E-state index contributed by atoms with van der Waals surface area (Å²) >= 11 is 0. The van der Waals surface area contributed by atoms with Gasteiger partial charge < -0.3 is 5.11 Å². The largest absolute Gasteiger partial charge is 0.396 e. The molecule has 1 N–H and O–H groups in total. The van der Waals surface area contributed by atoms with Gasteiger partial charge >= 0.3 is 0 Å². The fraction of sp³-hybridized carbons (Fsp3) is 0.571. The fourth-order valence-electron chi connectivity index (χ4n) is 1.93. The van der Waals surface area contributed by atoms with Crippen molar-refractivity contribution in [3.8, 4) is 0 Å². The monoisotopic (exact) mass is 221 g/mol. The average molecular weight is 221 g/mol. The molecule has 0 fully saturated rings. The summed E-state index contributed by atoms with van der Waals surface area (Å²) in [6.45, 7) is 6.74. The van der Waals surface area contributed by atoms with Crippen molar-refractivity contribution < 1.29 is 5.11 Å². The van der Waals surface area contributed by atoms with E-state index in [1.807, 2.05) is 6.07 Å². The molecule has 1 aromatic rings. The van der Waals surface area contributed by atoms with Crippen LogP contribution in [0.1, 0.15) is 32.3 Å². The molecular weight excluding hydrogens is 198 g/mol. The smallest absolute Gasteiger partial charge is 0.0445 e. The molecule has 0 aliphatic carbocycles. The first-order chi connectivity index (χ1) is 7.77. The lowest BCUT2D eigenvalue weighted by Gasteiger charge is -2.28. The molecule has 0 amide bonds. The highest BCUT2D eigenvalue weighted by atomic mass is 16.3. The summed E-state index contributed by atoms with van der Waals surface area (Å²) < 4.78 is 0. The number of nitrogens with zero attached hydrogens (tertiary/aromatic N) is 1. The fourth-order valence-corrected chi connectivity index (χ4v) is 1.93. The highest BCUT2D eigenvalue weighted by Gasteiger charge is 2.12. The van der Waals surface area contributed by atoms with E-state index < -0.39 is 0 Å².